The fraction of sp³-hybridized carbons (Fsp3) is 0.483. The molecule has 2 saturated heterocycles. The number of likely N-dealkylation sites (tertiary alicyclic amines) is 1. The molecule has 2 N–H and O–H groups in total. The zero-order valence-electron chi connectivity index (χ0n) is 21.9. The molecule has 8 nitrogen and oxygen atoms in total. The van der Waals surface area contributed by atoms with Gasteiger partial charge in [-0.3, -0.25) is 19.8 Å². The number of rotatable bonds is 11. The van der Waals surface area contributed by atoms with Crippen LogP contribution in [0.3, 0.4) is 0 Å². The van der Waals surface area contributed by atoms with Gasteiger partial charge in [0, 0.05) is 64.6 Å². The average molecular weight is 506 g/mol. The highest BCUT2D eigenvalue weighted by atomic mass is 16.2. The Morgan fingerprint density at radius 2 is 1.76 bits per heavy atom. The molecule has 2 fully saturated rings. The summed E-state index contributed by atoms with van der Waals surface area (Å²) in [4.78, 5) is 43.5. The highest BCUT2D eigenvalue weighted by Gasteiger charge is 2.43. The largest absolute Gasteiger partial charge is 0.350 e. The molecule has 0 saturated carbocycles. The van der Waals surface area contributed by atoms with Gasteiger partial charge in [0.1, 0.15) is 6.04 Å². The van der Waals surface area contributed by atoms with E-state index in [4.69, 9.17) is 0 Å². The lowest BCUT2D eigenvalue weighted by molar-refractivity contribution is -0.143. The Hall–Kier alpha value is -3.23. The van der Waals surface area contributed by atoms with Crippen LogP contribution in [-0.2, 0) is 27.3 Å². The monoisotopic (exact) mass is 505 g/mol. The van der Waals surface area contributed by atoms with Crippen LogP contribution in [0.2, 0.25) is 0 Å². The quantitative estimate of drug-likeness (QED) is 0.489. The number of hydrogen-bond acceptors (Lipinski definition) is 5. The van der Waals surface area contributed by atoms with Gasteiger partial charge < -0.3 is 15.1 Å². The van der Waals surface area contributed by atoms with Gasteiger partial charge in [-0.2, -0.15) is 0 Å². The number of amides is 3. The van der Waals surface area contributed by atoms with E-state index in [0.717, 1.165) is 17.5 Å². The molecular formula is C29H39N5O3. The van der Waals surface area contributed by atoms with E-state index in [0.29, 0.717) is 52.0 Å². The lowest BCUT2D eigenvalue weighted by atomic mass is 9.91. The number of aryl methyl sites for hydroxylation is 1. The summed E-state index contributed by atoms with van der Waals surface area (Å²) in [7, 11) is 1.97. The van der Waals surface area contributed by atoms with E-state index in [1.807, 2.05) is 77.6 Å². The maximum Gasteiger partial charge on any atom is 0.243 e. The Balaban J connectivity index is 1.56. The number of nitrogens with zero attached hydrogens (tertiary/aromatic N) is 3. The molecule has 0 radical (unpaired) electrons. The fourth-order valence-corrected chi connectivity index (χ4v) is 5.31. The number of carbonyl (C=O) groups is 3. The number of carbonyl (C=O) groups excluding carboxylic acids is 3. The molecule has 0 bridgehead atoms. The first kappa shape index (κ1) is 26.8. The summed E-state index contributed by atoms with van der Waals surface area (Å²) in [6.45, 7) is 4.58. The number of hydrazine groups is 1. The molecule has 0 aromatic heterocycles. The third-order valence-corrected chi connectivity index (χ3v) is 7.70. The van der Waals surface area contributed by atoms with Gasteiger partial charge in [-0.1, -0.05) is 60.7 Å². The molecule has 2 heterocycles. The average Bonchev–Trinajstić information content (AvgIpc) is 3.48. The van der Waals surface area contributed by atoms with Crippen molar-refractivity contribution in [1.82, 2.24) is 25.6 Å². The molecule has 2 aliphatic heterocycles. The van der Waals surface area contributed by atoms with Crippen molar-refractivity contribution in [3.8, 4) is 0 Å². The van der Waals surface area contributed by atoms with Crippen LogP contribution in [0.1, 0.15) is 37.3 Å². The van der Waals surface area contributed by atoms with Crippen LogP contribution in [0.5, 0.6) is 0 Å². The zero-order chi connectivity index (χ0) is 26.2. The van der Waals surface area contributed by atoms with Gasteiger partial charge in [-0.05, 0) is 30.9 Å². The van der Waals surface area contributed by atoms with E-state index in [-0.39, 0.29) is 29.7 Å². The first-order chi connectivity index (χ1) is 17.9. The van der Waals surface area contributed by atoms with E-state index >= 15 is 0 Å². The van der Waals surface area contributed by atoms with E-state index in [9.17, 15) is 14.4 Å². The minimum Gasteiger partial charge on any atom is -0.350 e. The van der Waals surface area contributed by atoms with Crippen molar-refractivity contribution in [1.29, 1.82) is 0 Å². The van der Waals surface area contributed by atoms with Crippen LogP contribution in [0.15, 0.2) is 60.7 Å². The first-order valence-corrected chi connectivity index (χ1v) is 13.3. The van der Waals surface area contributed by atoms with E-state index in [1.165, 1.54) is 0 Å². The van der Waals surface area contributed by atoms with E-state index < -0.39 is 6.04 Å². The lowest BCUT2D eigenvalue weighted by Crippen LogP contribution is -2.57. The first-order valence-electron chi connectivity index (χ1n) is 13.3. The van der Waals surface area contributed by atoms with Crippen molar-refractivity contribution in [2.24, 2.45) is 5.92 Å². The van der Waals surface area contributed by atoms with Crippen LogP contribution >= 0.6 is 0 Å². The highest BCUT2D eigenvalue weighted by molar-refractivity contribution is 5.88. The maximum atomic E-state index is 13.8. The number of benzene rings is 2. The Morgan fingerprint density at radius 3 is 2.35 bits per heavy atom. The second-order valence-electron chi connectivity index (χ2n) is 10.1. The molecular weight excluding hydrogens is 466 g/mol. The van der Waals surface area contributed by atoms with Crippen molar-refractivity contribution < 1.29 is 14.4 Å². The molecule has 8 heteroatoms. The van der Waals surface area contributed by atoms with Crippen molar-refractivity contribution >= 4 is 17.7 Å². The van der Waals surface area contributed by atoms with E-state index in [1.54, 1.807) is 4.90 Å². The van der Waals surface area contributed by atoms with Gasteiger partial charge >= 0.3 is 0 Å². The molecule has 4 rings (SSSR count). The molecule has 2 aromatic rings. The minimum absolute atomic E-state index is 0.0582. The summed E-state index contributed by atoms with van der Waals surface area (Å²) in [6, 6.07) is 19.1. The van der Waals surface area contributed by atoms with Crippen LogP contribution in [0.4, 0.5) is 0 Å². The van der Waals surface area contributed by atoms with Gasteiger partial charge in [-0.15, -0.1) is 0 Å². The van der Waals surface area contributed by atoms with Gasteiger partial charge in [0.2, 0.25) is 17.7 Å². The van der Waals surface area contributed by atoms with Crippen molar-refractivity contribution in [3.63, 3.8) is 0 Å². The standard InChI is InChI=1S/C29H39N5O3/c1-22-25(21-31-32(22)2)28(29(37)30-20-24-12-7-4-8-13-24)34(19-18-33-17-9-14-26(33)35)27(36)16-15-23-10-5-3-6-11-23/h3-8,10-13,22,25,28,31H,9,14-21H2,1-2H3,(H,30,37). The maximum absolute atomic E-state index is 13.8. The topological polar surface area (TPSA) is 85.0 Å². The molecule has 0 spiro atoms. The summed E-state index contributed by atoms with van der Waals surface area (Å²) >= 11 is 0. The fourth-order valence-electron chi connectivity index (χ4n) is 5.31. The van der Waals surface area contributed by atoms with Crippen molar-refractivity contribution in [3.05, 3.63) is 71.8 Å². The van der Waals surface area contributed by atoms with Crippen LogP contribution in [-0.4, -0.2) is 77.8 Å². The van der Waals surface area contributed by atoms with Crippen LogP contribution in [0, 0.1) is 5.92 Å². The molecule has 37 heavy (non-hydrogen) atoms. The second-order valence-corrected chi connectivity index (χ2v) is 10.1. The SMILES string of the molecule is CC1C(C(C(=O)NCc2ccccc2)N(CCN2CCCC2=O)C(=O)CCc2ccccc2)CNN1C. The number of nitrogens with one attached hydrogen (secondary N) is 2. The second kappa shape index (κ2) is 12.8. The van der Waals surface area contributed by atoms with E-state index in [2.05, 4.69) is 17.7 Å². The van der Waals surface area contributed by atoms with Crippen LogP contribution < -0.4 is 10.7 Å². The summed E-state index contributed by atoms with van der Waals surface area (Å²) < 4.78 is 0. The summed E-state index contributed by atoms with van der Waals surface area (Å²) in [5.74, 6) is -0.177. The zero-order valence-corrected chi connectivity index (χ0v) is 21.9. The smallest absolute Gasteiger partial charge is 0.243 e. The third kappa shape index (κ3) is 6.96. The van der Waals surface area contributed by atoms with Crippen molar-refractivity contribution in [2.75, 3.05) is 33.2 Å². The summed E-state index contributed by atoms with van der Waals surface area (Å²) in [6.07, 6.45) is 2.31. The Labute approximate surface area is 220 Å². The Morgan fingerprint density at radius 1 is 1.08 bits per heavy atom. The summed E-state index contributed by atoms with van der Waals surface area (Å²) in [5, 5.41) is 5.11. The minimum atomic E-state index is -0.642. The Bertz CT molecular complexity index is 1050. The predicted molar refractivity (Wildman–Crippen MR) is 143 cm³/mol. The van der Waals surface area contributed by atoms with Gasteiger partial charge in [0.05, 0.1) is 0 Å². The van der Waals surface area contributed by atoms with Crippen molar-refractivity contribution in [2.45, 2.75) is 51.2 Å². The van der Waals surface area contributed by atoms with Gasteiger partial charge in [0.25, 0.3) is 0 Å². The Kier molecular flexibility index (Phi) is 9.30. The molecule has 3 unspecified atom stereocenters. The predicted octanol–water partition coefficient (Wildman–Crippen LogP) is 2.21. The lowest BCUT2D eigenvalue weighted by Gasteiger charge is -2.37. The highest BCUT2D eigenvalue weighted by Crippen LogP contribution is 2.24. The summed E-state index contributed by atoms with van der Waals surface area (Å²) in [5.41, 5.74) is 5.43. The molecule has 2 aromatic carbocycles. The van der Waals surface area contributed by atoms with Gasteiger partial charge in [0.15, 0.2) is 0 Å². The van der Waals surface area contributed by atoms with Crippen LogP contribution in [0.25, 0.3) is 0 Å². The molecule has 3 atom stereocenters. The molecule has 198 valence electrons. The number of hydrogen-bond donors (Lipinski definition) is 2. The normalized spacial score (nSPS) is 20.7. The third-order valence-electron chi connectivity index (χ3n) is 7.70. The molecule has 2 aliphatic rings. The molecule has 3 amide bonds. The molecule has 0 aliphatic carbocycles. The van der Waals surface area contributed by atoms with Gasteiger partial charge in [-0.25, -0.2) is 5.01 Å².